The Kier molecular flexibility index (Phi) is 44.8. The standard InChI is InChI=1S/C69H133N7O16/c1-50(29-20-21-30-51(2)32-28-34-53(4)37-39-57(80)71-43-44-72-61(84)60(83)59(82)58(81)55(78)49-77)31-27-33-52(3)36-38-56(79)70-40-22-18-17-19-35-54(47-75(64(87)91-68(11,12)13)45-25-23-41-73-62(85)89-66(5,6)7)48-76(65(88)92-69(14,15)16)46-26-24-42-74-63(86)90-67(8,9)10/h50-55,58-60,77-78,81-83H,17-49H2,1-16H3,(H,70,79)(H,71,80)(H,72,84)(H,73,85)(H,74,86)/t50?,51?,52?,53?,55-,58-,59+,60-/m1/s1. The number of nitrogens with zero attached hydrogens (tertiary/aromatic N) is 2. The molecule has 23 nitrogen and oxygen atoms in total. The van der Waals surface area contributed by atoms with Gasteiger partial charge in [0, 0.05) is 71.7 Å². The molecule has 0 rings (SSSR count). The van der Waals surface area contributed by atoms with Crippen LogP contribution in [0.3, 0.4) is 0 Å². The lowest BCUT2D eigenvalue weighted by Gasteiger charge is -2.34. The van der Waals surface area contributed by atoms with E-state index in [4.69, 9.17) is 24.1 Å². The van der Waals surface area contributed by atoms with Crippen LogP contribution in [0.15, 0.2) is 0 Å². The maximum Gasteiger partial charge on any atom is 0.410 e. The Hall–Kier alpha value is -4.71. The summed E-state index contributed by atoms with van der Waals surface area (Å²) in [4.78, 5) is 93.1. The van der Waals surface area contributed by atoms with E-state index in [1.165, 1.54) is 32.1 Å². The van der Waals surface area contributed by atoms with Crippen LogP contribution in [0.25, 0.3) is 0 Å². The predicted molar refractivity (Wildman–Crippen MR) is 361 cm³/mol. The number of hydrogen-bond donors (Lipinski definition) is 10. The molecule has 0 heterocycles. The molecule has 4 unspecified atom stereocenters. The van der Waals surface area contributed by atoms with E-state index >= 15 is 0 Å². The number of amides is 7. The largest absolute Gasteiger partial charge is 0.444 e. The number of hydrogen-bond acceptors (Lipinski definition) is 16. The number of alkyl carbamates (subject to hydrolysis) is 2. The zero-order valence-corrected chi connectivity index (χ0v) is 60.2. The lowest BCUT2D eigenvalue weighted by molar-refractivity contribution is -0.148. The van der Waals surface area contributed by atoms with Gasteiger partial charge in [0.25, 0.3) is 5.91 Å². The molecule has 0 aromatic carbocycles. The number of carbonyl (C=O) groups is 7. The van der Waals surface area contributed by atoms with Crippen molar-refractivity contribution in [3.63, 3.8) is 0 Å². The van der Waals surface area contributed by atoms with Gasteiger partial charge in [0.2, 0.25) is 11.8 Å². The van der Waals surface area contributed by atoms with Crippen LogP contribution in [0.2, 0.25) is 0 Å². The molecule has 0 fully saturated rings. The van der Waals surface area contributed by atoms with Crippen molar-refractivity contribution in [2.45, 2.75) is 305 Å². The minimum Gasteiger partial charge on any atom is -0.444 e. The van der Waals surface area contributed by atoms with E-state index in [-0.39, 0.29) is 30.8 Å². The summed E-state index contributed by atoms with van der Waals surface area (Å²) in [6.07, 6.45) is 11.2. The van der Waals surface area contributed by atoms with Crippen LogP contribution in [0.1, 0.15) is 258 Å². The first-order valence-corrected chi connectivity index (χ1v) is 34.8. The number of aliphatic hydroxyl groups excluding tert-OH is 5. The van der Waals surface area contributed by atoms with Gasteiger partial charge < -0.3 is 80.9 Å². The zero-order chi connectivity index (χ0) is 70.1. The lowest BCUT2D eigenvalue weighted by Crippen LogP contribution is -2.52. The third kappa shape index (κ3) is 48.9. The molecule has 0 spiro atoms. The van der Waals surface area contributed by atoms with Crippen LogP contribution >= 0.6 is 0 Å². The van der Waals surface area contributed by atoms with Crippen molar-refractivity contribution in [2.75, 3.05) is 65.5 Å². The fourth-order valence-corrected chi connectivity index (χ4v) is 10.3. The van der Waals surface area contributed by atoms with Gasteiger partial charge in [-0.3, -0.25) is 14.4 Å². The van der Waals surface area contributed by atoms with E-state index in [1.807, 2.05) is 41.5 Å². The van der Waals surface area contributed by atoms with E-state index in [0.717, 1.165) is 77.0 Å². The van der Waals surface area contributed by atoms with Crippen molar-refractivity contribution in [1.82, 2.24) is 36.4 Å². The maximum atomic E-state index is 13.8. The third-order valence-corrected chi connectivity index (χ3v) is 15.6. The second-order valence-electron chi connectivity index (χ2n) is 30.0. The van der Waals surface area contributed by atoms with Gasteiger partial charge in [0.15, 0.2) is 6.10 Å². The van der Waals surface area contributed by atoms with Crippen LogP contribution < -0.4 is 26.6 Å². The van der Waals surface area contributed by atoms with Crippen LogP contribution in [-0.4, -0.2) is 190 Å². The minimum absolute atomic E-state index is 0.00125. The summed E-state index contributed by atoms with van der Waals surface area (Å²) < 4.78 is 22.6. The van der Waals surface area contributed by atoms with E-state index in [9.17, 15) is 54.0 Å². The summed E-state index contributed by atoms with van der Waals surface area (Å²) in [5.41, 5.74) is -2.72. The first-order valence-electron chi connectivity index (χ1n) is 34.8. The lowest BCUT2D eigenvalue weighted by atomic mass is 9.90. The molecular formula is C69H133N7O16. The molecule has 23 heteroatoms. The smallest absolute Gasteiger partial charge is 0.410 e. The van der Waals surface area contributed by atoms with E-state index < -0.39 is 83.7 Å². The van der Waals surface area contributed by atoms with Crippen LogP contribution in [-0.2, 0) is 33.3 Å². The number of carbonyl (C=O) groups excluding carboxylic acids is 7. The molecule has 0 saturated carbocycles. The number of aliphatic hydroxyl groups is 5. The first-order chi connectivity index (χ1) is 42.8. The average molecular weight is 1320 g/mol. The fourth-order valence-electron chi connectivity index (χ4n) is 10.3. The molecule has 0 saturated heterocycles. The number of rotatable bonds is 48. The van der Waals surface area contributed by atoms with E-state index in [0.29, 0.717) is 108 Å². The highest BCUT2D eigenvalue weighted by Crippen LogP contribution is 2.25. The van der Waals surface area contributed by atoms with Gasteiger partial charge in [0.1, 0.15) is 40.7 Å². The third-order valence-electron chi connectivity index (χ3n) is 15.6. The molecule has 7 amide bonds. The van der Waals surface area contributed by atoms with Gasteiger partial charge in [-0.15, -0.1) is 0 Å². The second-order valence-corrected chi connectivity index (χ2v) is 30.0. The van der Waals surface area contributed by atoms with E-state index in [1.54, 1.807) is 51.3 Å². The van der Waals surface area contributed by atoms with Crippen molar-refractivity contribution in [3.05, 3.63) is 0 Å². The van der Waals surface area contributed by atoms with Gasteiger partial charge in [-0.1, -0.05) is 111 Å². The van der Waals surface area contributed by atoms with E-state index in [2.05, 4.69) is 54.3 Å². The predicted octanol–water partition coefficient (Wildman–Crippen LogP) is 10.4. The van der Waals surface area contributed by atoms with Crippen molar-refractivity contribution in [1.29, 1.82) is 0 Å². The maximum absolute atomic E-state index is 13.8. The molecule has 8 atom stereocenters. The molecule has 0 aliphatic rings. The summed E-state index contributed by atoms with van der Waals surface area (Å²) in [7, 11) is 0. The molecule has 0 aliphatic heterocycles. The SMILES string of the molecule is CC(CCCCC(C)CCCC(C)CCC(=O)NCCNC(=O)[C@H](O)[C@@H](O)[C@H](O)[C@H](O)CO)CCCC(C)CCC(=O)NCCCCCCC(CN(CCCCNC(=O)OC(C)(C)C)C(=O)OC(C)(C)C)CN(CCCCNC(=O)OC(C)(C)C)C(=O)OC(C)(C)C. The molecule has 0 aliphatic carbocycles. The molecule has 92 heavy (non-hydrogen) atoms. The van der Waals surface area contributed by atoms with Crippen LogP contribution in [0.4, 0.5) is 19.2 Å². The number of unbranched alkanes of at least 4 members (excludes halogenated alkanes) is 6. The average Bonchev–Trinajstić information content (AvgIpc) is 1.62. The molecule has 0 aromatic rings. The molecular weight excluding hydrogens is 1180 g/mol. The topological polar surface area (TPSA) is 324 Å². The highest BCUT2D eigenvalue weighted by atomic mass is 16.6. The van der Waals surface area contributed by atoms with Crippen molar-refractivity contribution < 1.29 is 78.0 Å². The molecule has 540 valence electrons. The molecule has 0 radical (unpaired) electrons. The Bertz CT molecular complexity index is 1970. The Morgan fingerprint density at radius 2 is 0.717 bits per heavy atom. The Morgan fingerprint density at radius 1 is 0.380 bits per heavy atom. The summed E-state index contributed by atoms with van der Waals surface area (Å²) in [6.45, 7) is 32.9. The highest BCUT2D eigenvalue weighted by Gasteiger charge is 2.34. The number of nitrogens with one attached hydrogen (secondary N) is 5. The normalized spacial score (nSPS) is 14.8. The molecule has 0 bridgehead atoms. The van der Waals surface area contributed by atoms with Gasteiger partial charge >= 0.3 is 24.4 Å². The first kappa shape index (κ1) is 87.3. The summed E-state index contributed by atoms with van der Waals surface area (Å²) in [6, 6.07) is 0. The summed E-state index contributed by atoms with van der Waals surface area (Å²) >= 11 is 0. The number of ether oxygens (including phenoxy) is 4. The van der Waals surface area contributed by atoms with Crippen LogP contribution in [0, 0.1) is 29.6 Å². The summed E-state index contributed by atoms with van der Waals surface area (Å²) in [5.74, 6) is 1.00. The van der Waals surface area contributed by atoms with Crippen molar-refractivity contribution in [3.8, 4) is 0 Å². The quantitative estimate of drug-likeness (QED) is 0.0200. The zero-order valence-electron chi connectivity index (χ0n) is 60.2. The Morgan fingerprint density at radius 3 is 1.12 bits per heavy atom. The monoisotopic (exact) mass is 1320 g/mol. The van der Waals surface area contributed by atoms with Gasteiger partial charge in [-0.2, -0.15) is 0 Å². The van der Waals surface area contributed by atoms with Crippen molar-refractivity contribution >= 4 is 42.1 Å². The van der Waals surface area contributed by atoms with Gasteiger partial charge in [0.05, 0.1) is 6.61 Å². The second kappa shape index (κ2) is 47.2. The van der Waals surface area contributed by atoms with Gasteiger partial charge in [-0.25, -0.2) is 19.2 Å². The molecule has 0 aromatic heterocycles. The summed E-state index contributed by atoms with van der Waals surface area (Å²) in [5, 5.41) is 61.6. The van der Waals surface area contributed by atoms with Crippen LogP contribution in [0.5, 0.6) is 0 Å². The van der Waals surface area contributed by atoms with Crippen molar-refractivity contribution in [2.24, 2.45) is 29.6 Å². The Labute approximate surface area is 554 Å². The van der Waals surface area contributed by atoms with Gasteiger partial charge in [-0.05, 0) is 164 Å². The molecule has 10 N–H and O–H groups in total. The fraction of sp³-hybridized carbons (Fsp3) is 0.899. The Balaban J connectivity index is 5.01. The highest BCUT2D eigenvalue weighted by molar-refractivity contribution is 5.81. The minimum atomic E-state index is -2.02.